The lowest BCUT2D eigenvalue weighted by Gasteiger charge is -2.17. The third-order valence-electron chi connectivity index (χ3n) is 3.19. The average molecular weight is 294 g/mol. The van der Waals surface area contributed by atoms with Gasteiger partial charge in [-0.25, -0.2) is 4.98 Å². The molecule has 0 saturated heterocycles. The van der Waals surface area contributed by atoms with E-state index in [4.69, 9.17) is 22.1 Å². The van der Waals surface area contributed by atoms with Crippen molar-refractivity contribution in [2.75, 3.05) is 7.11 Å². The Morgan fingerprint density at radius 1 is 1.40 bits per heavy atom. The summed E-state index contributed by atoms with van der Waals surface area (Å²) < 4.78 is 7.18. The summed E-state index contributed by atoms with van der Waals surface area (Å²) in [4.78, 5) is 4.21. The molecule has 1 atom stereocenters. The van der Waals surface area contributed by atoms with Crippen molar-refractivity contribution in [3.8, 4) is 11.4 Å². The predicted octanol–water partition coefficient (Wildman–Crippen LogP) is 3.58. The maximum atomic E-state index is 6.28. The number of methoxy groups -OCH3 is 1. The van der Waals surface area contributed by atoms with Crippen molar-refractivity contribution in [2.45, 2.75) is 26.3 Å². The molecule has 108 valence electrons. The van der Waals surface area contributed by atoms with Crippen LogP contribution in [0.25, 0.3) is 5.69 Å². The number of nitrogens with zero attached hydrogens (tertiary/aromatic N) is 2. The van der Waals surface area contributed by atoms with E-state index in [9.17, 15) is 0 Å². The van der Waals surface area contributed by atoms with Gasteiger partial charge in [0.2, 0.25) is 0 Å². The molecule has 2 aromatic rings. The molecule has 5 heteroatoms. The first-order valence-corrected chi connectivity index (χ1v) is 7.02. The van der Waals surface area contributed by atoms with E-state index in [0.29, 0.717) is 10.9 Å². The normalized spacial score (nSPS) is 12.7. The Kier molecular flexibility index (Phi) is 4.68. The molecule has 1 aromatic carbocycles. The number of halogens is 1. The highest BCUT2D eigenvalue weighted by molar-refractivity contribution is 6.32. The quantitative estimate of drug-likeness (QED) is 0.917. The Morgan fingerprint density at radius 2 is 2.15 bits per heavy atom. The van der Waals surface area contributed by atoms with Crippen molar-refractivity contribution < 1.29 is 4.74 Å². The molecule has 2 rings (SSSR count). The maximum absolute atomic E-state index is 6.28. The highest BCUT2D eigenvalue weighted by Gasteiger charge is 2.16. The largest absolute Gasteiger partial charge is 0.497 e. The van der Waals surface area contributed by atoms with Gasteiger partial charge in [-0.05, 0) is 24.5 Å². The minimum Gasteiger partial charge on any atom is -0.497 e. The fraction of sp³-hybridized carbons (Fsp3) is 0.400. The lowest BCUT2D eigenvalue weighted by atomic mass is 10.0. The zero-order valence-corrected chi connectivity index (χ0v) is 12.8. The minimum atomic E-state index is -0.0697. The second-order valence-corrected chi connectivity index (χ2v) is 5.65. The number of benzene rings is 1. The van der Waals surface area contributed by atoms with Gasteiger partial charge in [-0.15, -0.1) is 0 Å². The van der Waals surface area contributed by atoms with Gasteiger partial charge in [0.25, 0.3) is 0 Å². The summed E-state index contributed by atoms with van der Waals surface area (Å²) in [6, 6.07) is 5.46. The van der Waals surface area contributed by atoms with Crippen LogP contribution >= 0.6 is 11.6 Å². The van der Waals surface area contributed by atoms with Crippen LogP contribution in [0.1, 0.15) is 32.0 Å². The number of rotatable bonds is 5. The molecule has 0 aliphatic carbocycles. The van der Waals surface area contributed by atoms with Gasteiger partial charge in [-0.2, -0.15) is 0 Å². The third kappa shape index (κ3) is 3.14. The van der Waals surface area contributed by atoms with Crippen molar-refractivity contribution in [3.63, 3.8) is 0 Å². The van der Waals surface area contributed by atoms with Crippen molar-refractivity contribution in [1.82, 2.24) is 9.55 Å². The molecule has 0 spiro atoms. The van der Waals surface area contributed by atoms with Crippen LogP contribution in [0.15, 0.2) is 30.7 Å². The van der Waals surface area contributed by atoms with Crippen molar-refractivity contribution in [2.24, 2.45) is 11.7 Å². The highest BCUT2D eigenvalue weighted by Crippen LogP contribution is 2.29. The fourth-order valence-electron chi connectivity index (χ4n) is 2.21. The summed E-state index contributed by atoms with van der Waals surface area (Å²) in [5, 5.41) is 0.641. The van der Waals surface area contributed by atoms with E-state index >= 15 is 0 Å². The first-order chi connectivity index (χ1) is 9.52. The fourth-order valence-corrected chi connectivity index (χ4v) is 2.42. The molecule has 0 amide bonds. The molecular weight excluding hydrogens is 274 g/mol. The topological polar surface area (TPSA) is 53.1 Å². The Bertz CT molecular complexity index is 580. The van der Waals surface area contributed by atoms with Crippen LogP contribution in [0.2, 0.25) is 5.02 Å². The van der Waals surface area contributed by atoms with Crippen LogP contribution in [0.3, 0.4) is 0 Å². The van der Waals surface area contributed by atoms with Gasteiger partial charge in [0.05, 0.1) is 36.0 Å². The Labute approximate surface area is 124 Å². The zero-order valence-electron chi connectivity index (χ0n) is 12.0. The average Bonchev–Trinajstić information content (AvgIpc) is 2.87. The molecule has 1 unspecified atom stereocenters. The molecule has 0 aliphatic rings. The Hall–Kier alpha value is -1.52. The molecule has 0 radical (unpaired) electrons. The summed E-state index contributed by atoms with van der Waals surface area (Å²) in [5.74, 6) is 1.27. The molecule has 0 aliphatic heterocycles. The molecule has 0 bridgehead atoms. The van der Waals surface area contributed by atoms with Crippen LogP contribution < -0.4 is 10.5 Å². The maximum Gasteiger partial charge on any atom is 0.121 e. The number of aromatic nitrogens is 2. The van der Waals surface area contributed by atoms with Gasteiger partial charge in [-0.1, -0.05) is 25.4 Å². The van der Waals surface area contributed by atoms with E-state index in [1.807, 2.05) is 22.8 Å². The molecule has 4 nitrogen and oxygen atoms in total. The van der Waals surface area contributed by atoms with Gasteiger partial charge < -0.3 is 15.0 Å². The molecule has 20 heavy (non-hydrogen) atoms. The lowest BCUT2D eigenvalue weighted by Crippen LogP contribution is -2.16. The summed E-state index contributed by atoms with van der Waals surface area (Å²) in [5.41, 5.74) is 8.05. The molecular formula is C15H20ClN3O. The standard InChI is InChI=1S/C15H20ClN3O/c1-10(2)6-13(17)15-8-18-9-19(15)14-7-11(20-3)4-5-12(14)16/h4-5,7-10,13H,6,17H2,1-3H3. The highest BCUT2D eigenvalue weighted by atomic mass is 35.5. The van der Waals surface area contributed by atoms with Gasteiger partial charge in [0.1, 0.15) is 5.75 Å². The number of ether oxygens (including phenoxy) is 1. The Balaban J connectivity index is 2.41. The van der Waals surface area contributed by atoms with Crippen LogP contribution in [-0.2, 0) is 0 Å². The van der Waals surface area contributed by atoms with E-state index in [0.717, 1.165) is 23.6 Å². The summed E-state index contributed by atoms with van der Waals surface area (Å²) >= 11 is 6.28. The van der Waals surface area contributed by atoms with E-state index in [2.05, 4.69) is 18.8 Å². The van der Waals surface area contributed by atoms with Crippen molar-refractivity contribution in [1.29, 1.82) is 0 Å². The van der Waals surface area contributed by atoms with Gasteiger partial charge >= 0.3 is 0 Å². The summed E-state index contributed by atoms with van der Waals surface area (Å²) in [7, 11) is 1.63. The summed E-state index contributed by atoms with van der Waals surface area (Å²) in [6.45, 7) is 4.30. The first kappa shape index (κ1) is 14.9. The van der Waals surface area contributed by atoms with Crippen molar-refractivity contribution in [3.05, 3.63) is 41.4 Å². The number of nitrogens with two attached hydrogens (primary N) is 1. The summed E-state index contributed by atoms with van der Waals surface area (Å²) in [6.07, 6.45) is 4.42. The van der Waals surface area contributed by atoms with E-state index in [1.165, 1.54) is 0 Å². The molecule has 0 saturated carbocycles. The van der Waals surface area contributed by atoms with Gasteiger partial charge in [0.15, 0.2) is 0 Å². The second kappa shape index (κ2) is 6.29. The van der Waals surface area contributed by atoms with Crippen LogP contribution in [0, 0.1) is 5.92 Å². The number of hydrogen-bond acceptors (Lipinski definition) is 3. The smallest absolute Gasteiger partial charge is 0.121 e. The molecule has 0 fully saturated rings. The monoisotopic (exact) mass is 293 g/mol. The third-order valence-corrected chi connectivity index (χ3v) is 3.50. The van der Waals surface area contributed by atoms with Crippen molar-refractivity contribution >= 4 is 11.6 Å². The minimum absolute atomic E-state index is 0.0697. The molecule has 1 aromatic heterocycles. The Morgan fingerprint density at radius 3 is 2.80 bits per heavy atom. The van der Waals surface area contributed by atoms with Crippen LogP contribution in [0.4, 0.5) is 0 Å². The van der Waals surface area contributed by atoms with Gasteiger partial charge in [-0.3, -0.25) is 0 Å². The van der Waals surface area contributed by atoms with E-state index in [1.54, 1.807) is 19.6 Å². The second-order valence-electron chi connectivity index (χ2n) is 5.24. The number of imidazole rings is 1. The predicted molar refractivity (Wildman–Crippen MR) is 81.5 cm³/mol. The first-order valence-electron chi connectivity index (χ1n) is 6.64. The SMILES string of the molecule is COc1ccc(Cl)c(-n2cncc2C(N)CC(C)C)c1. The lowest BCUT2D eigenvalue weighted by molar-refractivity contribution is 0.414. The van der Waals surface area contributed by atoms with Crippen LogP contribution in [0.5, 0.6) is 5.75 Å². The number of hydrogen-bond donors (Lipinski definition) is 1. The van der Waals surface area contributed by atoms with Crippen LogP contribution in [-0.4, -0.2) is 16.7 Å². The van der Waals surface area contributed by atoms with Gasteiger partial charge in [0, 0.05) is 12.1 Å². The zero-order chi connectivity index (χ0) is 14.7. The molecule has 1 heterocycles. The molecule has 2 N–H and O–H groups in total. The van der Waals surface area contributed by atoms with E-state index < -0.39 is 0 Å². The van der Waals surface area contributed by atoms with E-state index in [-0.39, 0.29) is 6.04 Å².